The van der Waals surface area contributed by atoms with Crippen LogP contribution in [0.3, 0.4) is 0 Å². The Kier molecular flexibility index (Phi) is 3.27. The van der Waals surface area contributed by atoms with Crippen molar-refractivity contribution in [2.45, 2.75) is 25.4 Å². The largest absolute Gasteiger partial charge is 0.380 e. The maximum atomic E-state index is 13.4. The Balaban J connectivity index is 1.93. The molecule has 1 aromatic heterocycles. The zero-order valence-corrected chi connectivity index (χ0v) is 11.2. The molecule has 0 unspecified atom stereocenters. The lowest BCUT2D eigenvalue weighted by Crippen LogP contribution is -2.39. The standard InChI is InChI=1S/C14H16FN3O2/c1-9-6-10(8-11(15)7-9)12-17-13(20-18-12)14(19)2-4-16-5-3-14/h6-8,16,19H,2-5H2,1H3. The van der Waals surface area contributed by atoms with E-state index in [-0.39, 0.29) is 11.7 Å². The van der Waals surface area contributed by atoms with Crippen LogP contribution in [0.25, 0.3) is 11.4 Å². The van der Waals surface area contributed by atoms with Crippen molar-refractivity contribution in [2.24, 2.45) is 0 Å². The zero-order chi connectivity index (χ0) is 14.2. The average Bonchev–Trinajstić information content (AvgIpc) is 2.89. The van der Waals surface area contributed by atoms with Crippen molar-refractivity contribution >= 4 is 0 Å². The Labute approximate surface area is 115 Å². The molecule has 1 saturated heterocycles. The van der Waals surface area contributed by atoms with E-state index in [4.69, 9.17) is 4.52 Å². The summed E-state index contributed by atoms with van der Waals surface area (Å²) in [6.07, 6.45) is 1.05. The number of aromatic nitrogens is 2. The van der Waals surface area contributed by atoms with Crippen molar-refractivity contribution < 1.29 is 14.0 Å². The number of hydrogen-bond donors (Lipinski definition) is 2. The van der Waals surface area contributed by atoms with Crippen LogP contribution in [-0.2, 0) is 5.60 Å². The summed E-state index contributed by atoms with van der Waals surface area (Å²) in [5, 5.41) is 17.5. The fraction of sp³-hybridized carbons (Fsp3) is 0.429. The van der Waals surface area contributed by atoms with Crippen LogP contribution in [0, 0.1) is 12.7 Å². The molecule has 0 aliphatic carbocycles. The third kappa shape index (κ3) is 2.44. The first-order valence-electron chi connectivity index (χ1n) is 6.62. The predicted molar refractivity (Wildman–Crippen MR) is 70.4 cm³/mol. The normalized spacial score (nSPS) is 18.1. The molecule has 0 bridgehead atoms. The van der Waals surface area contributed by atoms with Gasteiger partial charge in [-0.1, -0.05) is 5.16 Å². The summed E-state index contributed by atoms with van der Waals surface area (Å²) >= 11 is 0. The molecule has 0 radical (unpaired) electrons. The van der Waals surface area contributed by atoms with Gasteiger partial charge < -0.3 is 14.9 Å². The summed E-state index contributed by atoms with van der Waals surface area (Å²) in [4.78, 5) is 4.24. The van der Waals surface area contributed by atoms with E-state index in [9.17, 15) is 9.50 Å². The van der Waals surface area contributed by atoms with E-state index in [0.717, 1.165) is 5.56 Å². The van der Waals surface area contributed by atoms with Crippen LogP contribution in [0.2, 0.25) is 0 Å². The van der Waals surface area contributed by atoms with Crippen LogP contribution in [-0.4, -0.2) is 28.3 Å². The van der Waals surface area contributed by atoms with Crippen LogP contribution < -0.4 is 5.32 Å². The second-order valence-corrected chi connectivity index (χ2v) is 5.22. The molecule has 0 saturated carbocycles. The first-order chi connectivity index (χ1) is 9.57. The van der Waals surface area contributed by atoms with Crippen molar-refractivity contribution in [1.29, 1.82) is 0 Å². The molecule has 106 valence electrons. The maximum absolute atomic E-state index is 13.4. The molecule has 6 heteroatoms. The van der Waals surface area contributed by atoms with E-state index in [1.807, 2.05) is 0 Å². The second-order valence-electron chi connectivity index (χ2n) is 5.22. The summed E-state index contributed by atoms with van der Waals surface area (Å²) in [7, 11) is 0. The molecule has 1 aliphatic heterocycles. The van der Waals surface area contributed by atoms with Crippen molar-refractivity contribution in [2.75, 3.05) is 13.1 Å². The minimum Gasteiger partial charge on any atom is -0.380 e. The number of piperidine rings is 1. The SMILES string of the molecule is Cc1cc(F)cc(-c2noc(C3(O)CCNCC3)n2)c1. The van der Waals surface area contributed by atoms with Gasteiger partial charge >= 0.3 is 0 Å². The van der Waals surface area contributed by atoms with Crippen molar-refractivity contribution in [3.63, 3.8) is 0 Å². The van der Waals surface area contributed by atoms with Crippen LogP contribution in [0.15, 0.2) is 22.7 Å². The Hall–Kier alpha value is -1.79. The van der Waals surface area contributed by atoms with E-state index in [1.54, 1.807) is 13.0 Å². The zero-order valence-electron chi connectivity index (χ0n) is 11.2. The molecular formula is C14H16FN3O2. The van der Waals surface area contributed by atoms with E-state index in [2.05, 4.69) is 15.5 Å². The number of hydrogen-bond acceptors (Lipinski definition) is 5. The molecule has 5 nitrogen and oxygen atoms in total. The quantitative estimate of drug-likeness (QED) is 0.875. The molecule has 20 heavy (non-hydrogen) atoms. The Bertz CT molecular complexity index is 600. The fourth-order valence-electron chi connectivity index (χ4n) is 2.45. The lowest BCUT2D eigenvalue weighted by molar-refractivity contribution is -0.0228. The number of benzene rings is 1. The lowest BCUT2D eigenvalue weighted by Gasteiger charge is -2.28. The topological polar surface area (TPSA) is 71.2 Å². The van der Waals surface area contributed by atoms with E-state index in [0.29, 0.717) is 37.3 Å². The van der Waals surface area contributed by atoms with Crippen molar-refractivity contribution in [3.05, 3.63) is 35.5 Å². The number of aliphatic hydroxyl groups is 1. The van der Waals surface area contributed by atoms with Crippen LogP contribution in [0.1, 0.15) is 24.3 Å². The molecular weight excluding hydrogens is 261 g/mol. The lowest BCUT2D eigenvalue weighted by atomic mass is 9.92. The number of rotatable bonds is 2. The molecule has 2 aromatic rings. The highest BCUT2D eigenvalue weighted by Gasteiger charge is 2.37. The van der Waals surface area contributed by atoms with Crippen LogP contribution in [0.4, 0.5) is 4.39 Å². The number of halogens is 1. The molecule has 1 fully saturated rings. The van der Waals surface area contributed by atoms with Gasteiger partial charge in [0.2, 0.25) is 5.82 Å². The smallest absolute Gasteiger partial charge is 0.259 e. The minimum atomic E-state index is -1.08. The van der Waals surface area contributed by atoms with Gasteiger partial charge in [0.1, 0.15) is 11.4 Å². The first kappa shape index (κ1) is 13.2. The Morgan fingerprint density at radius 3 is 2.75 bits per heavy atom. The minimum absolute atomic E-state index is 0.205. The summed E-state index contributed by atoms with van der Waals surface area (Å²) < 4.78 is 18.6. The third-order valence-corrected chi connectivity index (χ3v) is 3.56. The van der Waals surface area contributed by atoms with Gasteiger partial charge in [-0.15, -0.1) is 0 Å². The van der Waals surface area contributed by atoms with Crippen LogP contribution >= 0.6 is 0 Å². The summed E-state index contributed by atoms with van der Waals surface area (Å²) in [6.45, 7) is 3.20. The number of nitrogens with zero attached hydrogens (tertiary/aromatic N) is 2. The van der Waals surface area contributed by atoms with E-state index < -0.39 is 5.60 Å². The fourth-order valence-corrected chi connectivity index (χ4v) is 2.45. The van der Waals surface area contributed by atoms with Gasteiger partial charge in [-0.2, -0.15) is 4.98 Å². The average molecular weight is 277 g/mol. The van der Waals surface area contributed by atoms with E-state index in [1.165, 1.54) is 12.1 Å². The molecule has 0 atom stereocenters. The predicted octanol–water partition coefficient (Wildman–Crippen LogP) is 1.76. The second kappa shape index (κ2) is 4.96. The highest BCUT2D eigenvalue weighted by atomic mass is 19.1. The number of aryl methyl sites for hydroxylation is 1. The van der Waals surface area contributed by atoms with Gasteiger partial charge in [0, 0.05) is 5.56 Å². The molecule has 0 spiro atoms. The first-order valence-corrected chi connectivity index (χ1v) is 6.62. The Morgan fingerprint density at radius 2 is 2.05 bits per heavy atom. The van der Waals surface area contributed by atoms with E-state index >= 15 is 0 Å². The molecule has 2 N–H and O–H groups in total. The van der Waals surface area contributed by atoms with Gasteiger partial charge in [-0.3, -0.25) is 0 Å². The van der Waals surface area contributed by atoms with Crippen LogP contribution in [0.5, 0.6) is 0 Å². The third-order valence-electron chi connectivity index (χ3n) is 3.56. The van der Waals surface area contributed by atoms with Gasteiger partial charge in [0.15, 0.2) is 0 Å². The Morgan fingerprint density at radius 1 is 1.30 bits per heavy atom. The molecule has 1 aliphatic rings. The molecule has 3 rings (SSSR count). The molecule has 1 aromatic carbocycles. The van der Waals surface area contributed by atoms with Crippen molar-refractivity contribution in [1.82, 2.24) is 15.5 Å². The maximum Gasteiger partial charge on any atom is 0.259 e. The van der Waals surface area contributed by atoms with Gasteiger partial charge in [-0.05, 0) is 56.6 Å². The highest BCUT2D eigenvalue weighted by molar-refractivity contribution is 5.55. The summed E-state index contributed by atoms with van der Waals surface area (Å²) in [5.74, 6) is 0.164. The number of nitrogens with one attached hydrogen (secondary N) is 1. The summed E-state index contributed by atoms with van der Waals surface area (Å²) in [6, 6.07) is 4.57. The summed E-state index contributed by atoms with van der Waals surface area (Å²) in [5.41, 5.74) is 0.251. The van der Waals surface area contributed by atoms with Gasteiger partial charge in [-0.25, -0.2) is 4.39 Å². The molecule has 0 amide bonds. The van der Waals surface area contributed by atoms with Gasteiger partial charge in [0.25, 0.3) is 5.89 Å². The van der Waals surface area contributed by atoms with Crippen molar-refractivity contribution in [3.8, 4) is 11.4 Å². The monoisotopic (exact) mass is 277 g/mol. The molecule has 2 heterocycles. The van der Waals surface area contributed by atoms with Gasteiger partial charge in [0.05, 0.1) is 0 Å². The highest BCUT2D eigenvalue weighted by Crippen LogP contribution is 2.30.